The first kappa shape index (κ1) is 12.3. The molecule has 0 aromatic rings. The molecule has 0 unspecified atom stereocenters. The normalized spacial score (nSPS) is 19.6. The van der Waals surface area contributed by atoms with Crippen LogP contribution in [0, 0.1) is 11.8 Å². The van der Waals surface area contributed by atoms with E-state index in [-0.39, 0.29) is 0 Å². The van der Waals surface area contributed by atoms with Crippen LogP contribution in [0.1, 0.15) is 40.5 Å². The van der Waals surface area contributed by atoms with Crippen LogP contribution in [-0.4, -0.2) is 27.2 Å². The molecule has 0 atom stereocenters. The van der Waals surface area contributed by atoms with E-state index in [1.165, 1.54) is 11.4 Å². The zero-order valence-electron chi connectivity index (χ0n) is 11.5. The molecule has 0 aromatic heterocycles. The molecule has 0 amide bonds. The quantitative estimate of drug-likeness (QED) is 0.657. The first-order valence-electron chi connectivity index (χ1n) is 6.67. The fraction of sp³-hybridized carbons (Fsp3) is 0.600. The Balaban J connectivity index is 2.21. The Morgan fingerprint density at radius 2 is 1.29 bits per heavy atom. The van der Waals surface area contributed by atoms with E-state index < -0.39 is 0 Å². The molecule has 2 heterocycles. The Bertz CT molecular complexity index is 380. The van der Waals surface area contributed by atoms with Crippen LogP contribution in [0.4, 0.5) is 0 Å². The Hall–Kier alpha value is -1.18. The third-order valence-electron chi connectivity index (χ3n) is 3.60. The maximum atomic E-state index is 2.41. The molecule has 0 fully saturated rings. The summed E-state index contributed by atoms with van der Waals surface area (Å²) in [6.07, 6.45) is 11.2. The van der Waals surface area contributed by atoms with E-state index in [1.54, 1.807) is 0 Å². The van der Waals surface area contributed by atoms with Crippen LogP contribution in [0.15, 0.2) is 24.6 Å². The molecule has 17 heavy (non-hydrogen) atoms. The Kier molecular flexibility index (Phi) is 3.60. The van der Waals surface area contributed by atoms with Crippen LogP contribution < -0.4 is 0 Å². The molecule has 2 heteroatoms. The van der Waals surface area contributed by atoms with Crippen molar-refractivity contribution in [2.45, 2.75) is 40.5 Å². The van der Waals surface area contributed by atoms with E-state index >= 15 is 0 Å². The van der Waals surface area contributed by atoms with Gasteiger partial charge in [-0.15, -0.1) is 9.15 Å². The highest BCUT2D eigenvalue weighted by Gasteiger charge is 2.28. The van der Waals surface area contributed by atoms with Gasteiger partial charge in [-0.3, -0.25) is 0 Å². The van der Waals surface area contributed by atoms with Gasteiger partial charge in [0.15, 0.2) is 23.8 Å². The van der Waals surface area contributed by atoms with Gasteiger partial charge in [0.05, 0.1) is 12.8 Å². The van der Waals surface area contributed by atoms with E-state index in [9.17, 15) is 0 Å². The zero-order chi connectivity index (χ0) is 12.4. The van der Waals surface area contributed by atoms with Gasteiger partial charge in [0, 0.05) is 11.8 Å². The van der Waals surface area contributed by atoms with Gasteiger partial charge in [-0.25, -0.2) is 0 Å². The first-order chi connectivity index (χ1) is 8.09. The van der Waals surface area contributed by atoms with Crippen LogP contribution in [0.5, 0.6) is 0 Å². The maximum Gasteiger partial charge on any atom is 0.343 e. The van der Waals surface area contributed by atoms with Crippen LogP contribution in [0.2, 0.25) is 0 Å². The molecule has 92 valence electrons. The van der Waals surface area contributed by atoms with Crippen molar-refractivity contribution < 1.29 is 9.15 Å². The summed E-state index contributed by atoms with van der Waals surface area (Å²) in [6, 6.07) is 0. The maximum absolute atomic E-state index is 2.41. The smallest absolute Gasteiger partial charge is 0.148 e. The van der Waals surface area contributed by atoms with Gasteiger partial charge >= 0.3 is 6.67 Å². The Morgan fingerprint density at radius 1 is 0.882 bits per heavy atom. The average Bonchev–Trinajstić information content (AvgIpc) is 2.86. The van der Waals surface area contributed by atoms with E-state index in [1.807, 2.05) is 0 Å². The Morgan fingerprint density at radius 3 is 1.65 bits per heavy atom. The third kappa shape index (κ3) is 2.56. The second-order valence-corrected chi connectivity index (χ2v) is 5.55. The monoisotopic (exact) mass is 232 g/mol. The molecule has 0 radical (unpaired) electrons. The summed E-state index contributed by atoms with van der Waals surface area (Å²) in [4.78, 5) is 0. The largest absolute Gasteiger partial charge is 0.343 e. The molecular weight excluding hydrogens is 208 g/mol. The van der Waals surface area contributed by atoms with Crippen molar-refractivity contribution in [2.75, 3.05) is 6.67 Å². The van der Waals surface area contributed by atoms with E-state index in [0.717, 1.165) is 19.5 Å². The number of hydrogen-bond acceptors (Lipinski definition) is 0. The fourth-order valence-corrected chi connectivity index (χ4v) is 2.60. The summed E-state index contributed by atoms with van der Waals surface area (Å²) in [7, 11) is 0. The number of allylic oxidation sites excluding steroid dienone is 2. The van der Waals surface area contributed by atoms with Crippen molar-refractivity contribution in [1.82, 2.24) is 0 Å². The van der Waals surface area contributed by atoms with Gasteiger partial charge in [-0.2, -0.15) is 0 Å². The number of rotatable bonds is 4. The van der Waals surface area contributed by atoms with Crippen LogP contribution in [-0.2, 0) is 0 Å². The third-order valence-corrected chi connectivity index (χ3v) is 3.60. The molecule has 0 spiro atoms. The summed E-state index contributed by atoms with van der Waals surface area (Å²) in [5.74, 6) is 1.28. The molecule has 0 saturated carbocycles. The highest BCUT2D eigenvalue weighted by Crippen LogP contribution is 2.13. The average molecular weight is 232 g/mol. The second-order valence-electron chi connectivity index (χ2n) is 5.55. The summed E-state index contributed by atoms with van der Waals surface area (Å²) in [5.41, 5.74) is 3.07. The highest BCUT2D eigenvalue weighted by atomic mass is 15.2. The van der Waals surface area contributed by atoms with Gasteiger partial charge in [0.2, 0.25) is 0 Å². The standard InChI is InChI=1S/C15H24N2/c1-12(2)14-7-5-9-16(14)11-17-10-6-8-15(17)13(3)4/h5-6,9-10,12-13H,7-8,11H2,1-4H3/q+2. The molecule has 2 rings (SSSR count). The van der Waals surface area contributed by atoms with Crippen molar-refractivity contribution >= 4 is 11.4 Å². The van der Waals surface area contributed by atoms with Gasteiger partial charge in [-0.05, 0) is 12.2 Å². The molecule has 0 bridgehead atoms. The van der Waals surface area contributed by atoms with Crippen LogP contribution in [0.25, 0.3) is 0 Å². The van der Waals surface area contributed by atoms with Crippen molar-refractivity contribution in [3.63, 3.8) is 0 Å². The van der Waals surface area contributed by atoms with Gasteiger partial charge in [0.25, 0.3) is 0 Å². The second kappa shape index (κ2) is 4.99. The van der Waals surface area contributed by atoms with Gasteiger partial charge in [-0.1, -0.05) is 27.7 Å². The molecule has 0 aromatic carbocycles. The van der Waals surface area contributed by atoms with E-state index in [4.69, 9.17) is 0 Å². The predicted octanol–water partition coefficient (Wildman–Crippen LogP) is 3.00. The summed E-state index contributed by atoms with van der Waals surface area (Å²) in [6.45, 7) is 10.1. The molecular formula is C15H24N2+2. The van der Waals surface area contributed by atoms with Crippen LogP contribution >= 0.6 is 0 Å². The minimum atomic E-state index is 0.638. The lowest BCUT2D eigenvalue weighted by atomic mass is 10.1. The van der Waals surface area contributed by atoms with Crippen molar-refractivity contribution in [2.24, 2.45) is 11.8 Å². The zero-order valence-corrected chi connectivity index (χ0v) is 11.5. The Labute approximate surface area is 105 Å². The van der Waals surface area contributed by atoms with Crippen molar-refractivity contribution in [1.29, 1.82) is 0 Å². The predicted molar refractivity (Wildman–Crippen MR) is 72.6 cm³/mol. The lowest BCUT2D eigenvalue weighted by Gasteiger charge is -2.05. The molecule has 0 aliphatic carbocycles. The molecule has 0 saturated heterocycles. The summed E-state index contributed by atoms with van der Waals surface area (Å²) >= 11 is 0. The molecule has 2 aliphatic heterocycles. The lowest BCUT2D eigenvalue weighted by Crippen LogP contribution is -2.27. The van der Waals surface area contributed by atoms with Crippen molar-refractivity contribution in [3.05, 3.63) is 24.6 Å². The topological polar surface area (TPSA) is 6.02 Å². The van der Waals surface area contributed by atoms with Crippen molar-refractivity contribution in [3.8, 4) is 0 Å². The highest BCUT2D eigenvalue weighted by molar-refractivity contribution is 5.85. The number of nitrogens with zero attached hydrogens (tertiary/aromatic N) is 2. The summed E-state index contributed by atoms with van der Waals surface area (Å²) in [5, 5.41) is 0. The lowest BCUT2D eigenvalue weighted by molar-refractivity contribution is -0.668. The number of hydrogen-bond donors (Lipinski definition) is 0. The van der Waals surface area contributed by atoms with Gasteiger partial charge < -0.3 is 0 Å². The minimum absolute atomic E-state index is 0.638. The SMILES string of the molecule is CC(C)C1=[N+](C[N+]2=C(C(C)C)CC=C2)C=CC1. The van der Waals surface area contributed by atoms with E-state index in [2.05, 4.69) is 61.4 Å². The van der Waals surface area contributed by atoms with Crippen LogP contribution in [0.3, 0.4) is 0 Å². The minimum Gasteiger partial charge on any atom is -0.148 e. The molecule has 0 N–H and O–H groups in total. The van der Waals surface area contributed by atoms with E-state index in [0.29, 0.717) is 11.8 Å². The molecule has 2 nitrogen and oxygen atoms in total. The van der Waals surface area contributed by atoms with Gasteiger partial charge in [0.1, 0.15) is 0 Å². The fourth-order valence-electron chi connectivity index (χ4n) is 2.60. The summed E-state index contributed by atoms with van der Waals surface area (Å²) < 4.78 is 4.81. The molecule has 2 aliphatic rings. The first-order valence-corrected chi connectivity index (χ1v) is 6.67.